The van der Waals surface area contributed by atoms with Crippen LogP contribution in [0.4, 0.5) is 0 Å². The van der Waals surface area contributed by atoms with Gasteiger partial charge in [-0.25, -0.2) is 4.68 Å². The van der Waals surface area contributed by atoms with Crippen LogP contribution in [0.1, 0.15) is 5.56 Å². The molecule has 4 aromatic rings. The second kappa shape index (κ2) is 5.78. The normalized spacial score (nSPS) is 13.0. The van der Waals surface area contributed by atoms with E-state index in [0.29, 0.717) is 0 Å². The molecule has 1 aliphatic heterocycles. The van der Waals surface area contributed by atoms with Crippen molar-refractivity contribution in [1.29, 1.82) is 0 Å². The van der Waals surface area contributed by atoms with Gasteiger partial charge in [0.25, 0.3) is 5.56 Å². The Morgan fingerprint density at radius 1 is 1.15 bits per heavy atom. The lowest BCUT2D eigenvalue weighted by Crippen LogP contribution is -2.20. The Morgan fingerprint density at radius 2 is 2.00 bits per heavy atom. The van der Waals surface area contributed by atoms with Crippen molar-refractivity contribution in [2.24, 2.45) is 7.05 Å². The number of pyridine rings is 1. The first kappa shape index (κ1) is 15.3. The van der Waals surface area contributed by atoms with Gasteiger partial charge < -0.3 is 4.74 Å². The molecule has 5 nitrogen and oxygen atoms in total. The second-order valence-electron chi connectivity index (χ2n) is 6.29. The van der Waals surface area contributed by atoms with E-state index in [0.717, 1.165) is 51.2 Å². The smallest absolute Gasteiger partial charge is 0.275 e. The molecular formula is C20H15N3O2S. The maximum absolute atomic E-state index is 12.9. The Kier molecular flexibility index (Phi) is 3.39. The Labute approximate surface area is 153 Å². The monoisotopic (exact) mass is 361 g/mol. The molecule has 3 aromatic heterocycles. The van der Waals surface area contributed by atoms with Crippen LogP contribution < -0.4 is 10.3 Å². The highest BCUT2D eigenvalue weighted by atomic mass is 32.1. The van der Waals surface area contributed by atoms with Crippen molar-refractivity contribution in [3.8, 4) is 28.1 Å². The number of thiophene rings is 1. The number of hydrogen-bond donors (Lipinski definition) is 0. The van der Waals surface area contributed by atoms with Gasteiger partial charge in [-0.15, -0.1) is 11.3 Å². The Balaban J connectivity index is 1.78. The van der Waals surface area contributed by atoms with E-state index in [2.05, 4.69) is 21.5 Å². The highest BCUT2D eigenvalue weighted by Crippen LogP contribution is 2.38. The molecule has 1 aromatic carbocycles. The minimum Gasteiger partial charge on any atom is -0.493 e. The molecule has 6 heteroatoms. The van der Waals surface area contributed by atoms with Gasteiger partial charge in [0.05, 0.1) is 16.7 Å². The number of rotatable bonds is 2. The molecule has 0 unspecified atom stereocenters. The van der Waals surface area contributed by atoms with E-state index in [4.69, 9.17) is 4.74 Å². The zero-order valence-corrected chi connectivity index (χ0v) is 14.9. The number of fused-ring (bicyclic) bond motifs is 2. The maximum Gasteiger partial charge on any atom is 0.275 e. The number of aromatic nitrogens is 3. The van der Waals surface area contributed by atoms with Crippen LogP contribution >= 0.6 is 11.3 Å². The van der Waals surface area contributed by atoms with Crippen molar-refractivity contribution in [2.75, 3.05) is 6.61 Å². The number of ether oxygens (including phenoxy) is 1. The van der Waals surface area contributed by atoms with Crippen LogP contribution in [0.3, 0.4) is 0 Å². The average molecular weight is 361 g/mol. The summed E-state index contributed by atoms with van der Waals surface area (Å²) in [5.74, 6) is 0.945. The van der Waals surface area contributed by atoms with E-state index in [-0.39, 0.29) is 5.56 Å². The molecule has 26 heavy (non-hydrogen) atoms. The van der Waals surface area contributed by atoms with Crippen LogP contribution in [0.2, 0.25) is 0 Å². The lowest BCUT2D eigenvalue weighted by atomic mass is 10.0. The highest BCUT2D eigenvalue weighted by molar-refractivity contribution is 7.18. The molecule has 0 spiro atoms. The van der Waals surface area contributed by atoms with Crippen molar-refractivity contribution in [3.05, 3.63) is 64.0 Å². The van der Waals surface area contributed by atoms with E-state index in [1.807, 2.05) is 24.3 Å². The van der Waals surface area contributed by atoms with Crippen LogP contribution in [0.15, 0.2) is 52.9 Å². The summed E-state index contributed by atoms with van der Waals surface area (Å²) in [4.78, 5) is 16.9. The maximum atomic E-state index is 12.9. The summed E-state index contributed by atoms with van der Waals surface area (Å²) >= 11 is 1.56. The number of hydrogen-bond acceptors (Lipinski definition) is 5. The number of aryl methyl sites for hydroxylation is 1. The van der Waals surface area contributed by atoms with Crippen molar-refractivity contribution in [2.45, 2.75) is 6.42 Å². The first-order chi connectivity index (χ1) is 12.7. The molecule has 128 valence electrons. The molecule has 0 amide bonds. The molecule has 1 aliphatic rings. The number of nitrogens with zero attached hydrogens (tertiary/aromatic N) is 3. The van der Waals surface area contributed by atoms with Gasteiger partial charge in [-0.1, -0.05) is 6.07 Å². The van der Waals surface area contributed by atoms with Gasteiger partial charge in [0.1, 0.15) is 11.4 Å². The van der Waals surface area contributed by atoms with E-state index in [1.54, 1.807) is 30.8 Å². The quantitative estimate of drug-likeness (QED) is 0.547. The lowest BCUT2D eigenvalue weighted by molar-refractivity contribution is 0.357. The summed E-state index contributed by atoms with van der Waals surface area (Å²) in [5.41, 5.74) is 4.89. The standard InChI is InChI=1S/C20H15N3O2S/c1-23-20(24)17-15(13-2-3-16-14(10-13)6-9-25-16)11-26-19(17)18(22-23)12-4-7-21-8-5-12/h2-5,7-8,10-11H,6,9H2,1H3. The summed E-state index contributed by atoms with van der Waals surface area (Å²) in [6, 6.07) is 9.99. The summed E-state index contributed by atoms with van der Waals surface area (Å²) in [7, 11) is 1.70. The molecular weight excluding hydrogens is 346 g/mol. The zero-order valence-electron chi connectivity index (χ0n) is 14.1. The molecule has 5 rings (SSSR count). The van der Waals surface area contributed by atoms with Gasteiger partial charge in [-0.2, -0.15) is 5.10 Å². The molecule has 0 bridgehead atoms. The van der Waals surface area contributed by atoms with Crippen LogP contribution in [0.5, 0.6) is 5.75 Å². The molecule has 0 fully saturated rings. The largest absolute Gasteiger partial charge is 0.493 e. The van der Waals surface area contributed by atoms with E-state index < -0.39 is 0 Å². The van der Waals surface area contributed by atoms with Gasteiger partial charge in [-0.05, 0) is 35.4 Å². The molecule has 0 saturated heterocycles. The molecule has 0 N–H and O–H groups in total. The van der Waals surface area contributed by atoms with Crippen molar-refractivity contribution in [1.82, 2.24) is 14.8 Å². The molecule has 0 saturated carbocycles. The lowest BCUT2D eigenvalue weighted by Gasteiger charge is -2.07. The Hall–Kier alpha value is -2.99. The third kappa shape index (κ3) is 2.26. The fourth-order valence-corrected chi connectivity index (χ4v) is 4.49. The average Bonchev–Trinajstić information content (AvgIpc) is 3.31. The fraction of sp³-hybridized carbons (Fsp3) is 0.150. The molecule has 0 radical (unpaired) electrons. The van der Waals surface area contributed by atoms with Crippen LogP contribution in [0, 0.1) is 0 Å². The van der Waals surface area contributed by atoms with Gasteiger partial charge in [0, 0.05) is 42.4 Å². The predicted octanol–water partition coefficient (Wildman–Crippen LogP) is 3.66. The minimum absolute atomic E-state index is 0.0780. The van der Waals surface area contributed by atoms with Gasteiger partial charge in [0.15, 0.2) is 0 Å². The Morgan fingerprint density at radius 3 is 2.85 bits per heavy atom. The summed E-state index contributed by atoms with van der Waals surface area (Å²) < 4.78 is 7.93. The topological polar surface area (TPSA) is 57.0 Å². The third-order valence-corrected chi connectivity index (χ3v) is 5.70. The summed E-state index contributed by atoms with van der Waals surface area (Å²) in [6.45, 7) is 0.723. The van der Waals surface area contributed by atoms with Crippen molar-refractivity contribution in [3.63, 3.8) is 0 Å². The van der Waals surface area contributed by atoms with E-state index >= 15 is 0 Å². The van der Waals surface area contributed by atoms with Gasteiger partial charge in [0.2, 0.25) is 0 Å². The molecule has 0 atom stereocenters. The highest BCUT2D eigenvalue weighted by Gasteiger charge is 2.19. The predicted molar refractivity (Wildman–Crippen MR) is 103 cm³/mol. The van der Waals surface area contributed by atoms with Gasteiger partial charge in [-0.3, -0.25) is 9.78 Å². The Bertz CT molecular complexity index is 1200. The zero-order chi connectivity index (χ0) is 17.7. The minimum atomic E-state index is -0.0780. The fourth-order valence-electron chi connectivity index (χ4n) is 3.41. The van der Waals surface area contributed by atoms with E-state index in [9.17, 15) is 4.79 Å². The third-order valence-electron chi connectivity index (χ3n) is 4.72. The van der Waals surface area contributed by atoms with E-state index in [1.165, 1.54) is 10.2 Å². The van der Waals surface area contributed by atoms with Crippen molar-refractivity contribution < 1.29 is 4.74 Å². The first-order valence-corrected chi connectivity index (χ1v) is 9.25. The second-order valence-corrected chi connectivity index (χ2v) is 7.17. The van der Waals surface area contributed by atoms with Crippen LogP contribution in [-0.2, 0) is 13.5 Å². The van der Waals surface area contributed by atoms with Crippen LogP contribution in [-0.4, -0.2) is 21.4 Å². The van der Waals surface area contributed by atoms with Crippen LogP contribution in [0.25, 0.3) is 32.5 Å². The first-order valence-electron chi connectivity index (χ1n) is 8.37. The molecule has 4 heterocycles. The van der Waals surface area contributed by atoms with Gasteiger partial charge >= 0.3 is 0 Å². The number of benzene rings is 1. The van der Waals surface area contributed by atoms with Crippen molar-refractivity contribution >= 4 is 21.4 Å². The summed E-state index contributed by atoms with van der Waals surface area (Å²) in [6.07, 6.45) is 4.39. The SMILES string of the molecule is Cn1nc(-c2ccncc2)c2scc(-c3ccc4c(c3)CCO4)c2c1=O. The summed E-state index contributed by atoms with van der Waals surface area (Å²) in [5, 5.41) is 7.27. The molecule has 0 aliphatic carbocycles.